The van der Waals surface area contributed by atoms with E-state index in [-0.39, 0.29) is 10.9 Å². The second-order valence-corrected chi connectivity index (χ2v) is 8.43. The fourth-order valence-corrected chi connectivity index (χ4v) is 4.70. The Morgan fingerprint density at radius 2 is 1.82 bits per heavy atom. The summed E-state index contributed by atoms with van der Waals surface area (Å²) in [7, 11) is -3.89. The van der Waals surface area contributed by atoms with Crippen molar-refractivity contribution < 1.29 is 27.5 Å². The van der Waals surface area contributed by atoms with Crippen molar-refractivity contribution >= 4 is 44.4 Å². The molecule has 2 aromatic rings. The number of hydrogen-bond donors (Lipinski definition) is 2. The highest BCUT2D eigenvalue weighted by Gasteiger charge is 2.37. The molecule has 9 nitrogen and oxygen atoms in total. The van der Waals surface area contributed by atoms with E-state index in [4.69, 9.17) is 4.74 Å². The van der Waals surface area contributed by atoms with Gasteiger partial charge in [0.05, 0.1) is 10.6 Å². The van der Waals surface area contributed by atoms with Crippen molar-refractivity contribution in [3.8, 4) is 0 Å². The highest BCUT2D eigenvalue weighted by Crippen LogP contribution is 2.41. The van der Waals surface area contributed by atoms with Gasteiger partial charge >= 0.3 is 12.0 Å². The zero-order valence-corrected chi connectivity index (χ0v) is 15.5. The molecule has 1 fully saturated rings. The standard InChI is InChI=1S/C18H17N3O6S/c22-15(20-18(24)19-12-7-8-12)10-27-16(23)9-21-13-5-1-3-11-4-2-6-14(17(11)13)28(21,25)26/h1-6,12H,7-10H2,(H2,19,20,22,24). The smallest absolute Gasteiger partial charge is 0.327 e. The molecule has 4 rings (SSSR count). The van der Waals surface area contributed by atoms with Gasteiger partial charge in [-0.2, -0.15) is 0 Å². The second kappa shape index (κ2) is 6.79. The maximum absolute atomic E-state index is 12.8. The number of benzene rings is 2. The Labute approximate surface area is 160 Å². The molecule has 1 heterocycles. The van der Waals surface area contributed by atoms with Gasteiger partial charge in [0.15, 0.2) is 6.61 Å². The lowest BCUT2D eigenvalue weighted by molar-refractivity contribution is -0.146. The molecule has 28 heavy (non-hydrogen) atoms. The van der Waals surface area contributed by atoms with Crippen LogP contribution in [0.1, 0.15) is 12.8 Å². The highest BCUT2D eigenvalue weighted by atomic mass is 32.2. The predicted octanol–water partition coefficient (Wildman–Crippen LogP) is 0.880. The molecule has 0 saturated heterocycles. The Hall–Kier alpha value is -3.14. The first-order chi connectivity index (χ1) is 13.4. The van der Waals surface area contributed by atoms with Crippen molar-refractivity contribution in [1.29, 1.82) is 0 Å². The normalized spacial score (nSPS) is 16.6. The number of nitrogens with zero attached hydrogens (tertiary/aromatic N) is 1. The molecule has 0 atom stereocenters. The van der Waals surface area contributed by atoms with Crippen LogP contribution in [0.25, 0.3) is 10.8 Å². The van der Waals surface area contributed by atoms with E-state index in [1.54, 1.807) is 30.3 Å². The molecule has 3 amide bonds. The fraction of sp³-hybridized carbons (Fsp3) is 0.278. The minimum Gasteiger partial charge on any atom is -0.454 e. The van der Waals surface area contributed by atoms with Crippen molar-refractivity contribution in [2.75, 3.05) is 17.5 Å². The Morgan fingerprint density at radius 1 is 1.11 bits per heavy atom. The minimum absolute atomic E-state index is 0.0834. The van der Waals surface area contributed by atoms with Crippen LogP contribution in [0.4, 0.5) is 10.5 Å². The predicted molar refractivity (Wildman–Crippen MR) is 99.1 cm³/mol. The van der Waals surface area contributed by atoms with Crippen LogP contribution in [-0.2, 0) is 24.3 Å². The van der Waals surface area contributed by atoms with Crippen LogP contribution in [0.3, 0.4) is 0 Å². The number of carbonyl (C=O) groups excluding carboxylic acids is 3. The molecule has 10 heteroatoms. The average Bonchev–Trinajstić information content (AvgIpc) is 3.43. The lowest BCUT2D eigenvalue weighted by Crippen LogP contribution is -2.42. The molecule has 0 radical (unpaired) electrons. The number of amides is 3. The molecule has 0 spiro atoms. The van der Waals surface area contributed by atoms with Crippen LogP contribution in [0.15, 0.2) is 41.3 Å². The summed E-state index contributed by atoms with van der Waals surface area (Å²) in [6.07, 6.45) is 1.74. The van der Waals surface area contributed by atoms with Gasteiger partial charge in [0.1, 0.15) is 6.54 Å². The Balaban J connectivity index is 1.40. The summed E-state index contributed by atoms with van der Waals surface area (Å²) in [5, 5.41) is 5.91. The van der Waals surface area contributed by atoms with Gasteiger partial charge in [-0.25, -0.2) is 13.2 Å². The number of ether oxygens (including phenoxy) is 1. The maximum Gasteiger partial charge on any atom is 0.327 e. The second-order valence-electron chi connectivity index (χ2n) is 6.60. The summed E-state index contributed by atoms with van der Waals surface area (Å²) in [4.78, 5) is 35.4. The first-order valence-corrected chi connectivity index (χ1v) is 10.1. The van der Waals surface area contributed by atoms with Crippen molar-refractivity contribution in [3.63, 3.8) is 0 Å². The van der Waals surface area contributed by atoms with Gasteiger partial charge in [0.2, 0.25) is 0 Å². The van der Waals surface area contributed by atoms with Crippen LogP contribution in [0.2, 0.25) is 0 Å². The van der Waals surface area contributed by atoms with Crippen molar-refractivity contribution in [1.82, 2.24) is 10.6 Å². The third-order valence-corrected chi connectivity index (χ3v) is 6.29. The molecule has 1 aliphatic heterocycles. The van der Waals surface area contributed by atoms with E-state index in [9.17, 15) is 22.8 Å². The highest BCUT2D eigenvalue weighted by molar-refractivity contribution is 7.93. The molecule has 2 aliphatic rings. The van der Waals surface area contributed by atoms with Crippen LogP contribution in [0, 0.1) is 0 Å². The Kier molecular flexibility index (Phi) is 4.42. The van der Waals surface area contributed by atoms with E-state index in [1.807, 2.05) is 5.32 Å². The quantitative estimate of drug-likeness (QED) is 0.715. The molecule has 0 aromatic heterocycles. The van der Waals surface area contributed by atoms with Gasteiger partial charge in [0.25, 0.3) is 15.9 Å². The first-order valence-electron chi connectivity index (χ1n) is 8.67. The van der Waals surface area contributed by atoms with E-state index < -0.39 is 41.1 Å². The SMILES string of the molecule is O=C(COC(=O)CN1c2cccc3cccc(c23)S1(=O)=O)NC(=O)NC1CC1. The van der Waals surface area contributed by atoms with Crippen molar-refractivity contribution in [2.45, 2.75) is 23.8 Å². The number of sulfonamides is 1. The lowest BCUT2D eigenvalue weighted by atomic mass is 10.1. The summed E-state index contributed by atoms with van der Waals surface area (Å²) in [5.41, 5.74) is 0.387. The van der Waals surface area contributed by atoms with Gasteiger partial charge < -0.3 is 10.1 Å². The van der Waals surface area contributed by atoms with Gasteiger partial charge in [-0.3, -0.25) is 19.2 Å². The number of nitrogens with one attached hydrogen (secondary N) is 2. The van der Waals surface area contributed by atoms with Crippen LogP contribution < -0.4 is 14.9 Å². The summed E-state index contributed by atoms with van der Waals surface area (Å²) in [5.74, 6) is -1.69. The zero-order valence-electron chi connectivity index (χ0n) is 14.7. The number of esters is 1. The summed E-state index contributed by atoms with van der Waals surface area (Å²) < 4.78 is 31.4. The fourth-order valence-electron chi connectivity index (χ4n) is 3.05. The van der Waals surface area contributed by atoms with E-state index in [2.05, 4.69) is 5.32 Å². The minimum atomic E-state index is -3.89. The van der Waals surface area contributed by atoms with E-state index in [0.29, 0.717) is 11.1 Å². The van der Waals surface area contributed by atoms with Crippen LogP contribution in [0.5, 0.6) is 0 Å². The monoisotopic (exact) mass is 403 g/mol. The Bertz CT molecular complexity index is 1090. The van der Waals surface area contributed by atoms with Crippen LogP contribution >= 0.6 is 0 Å². The van der Waals surface area contributed by atoms with Gasteiger partial charge in [-0.1, -0.05) is 24.3 Å². The summed E-state index contributed by atoms with van der Waals surface area (Å²) >= 11 is 0. The zero-order chi connectivity index (χ0) is 19.9. The number of urea groups is 1. The molecule has 1 saturated carbocycles. The van der Waals surface area contributed by atoms with Crippen molar-refractivity contribution in [3.05, 3.63) is 36.4 Å². The van der Waals surface area contributed by atoms with Gasteiger partial charge in [0, 0.05) is 11.4 Å². The van der Waals surface area contributed by atoms with E-state index in [1.165, 1.54) is 6.07 Å². The molecular weight excluding hydrogens is 386 g/mol. The number of rotatable bonds is 5. The van der Waals surface area contributed by atoms with E-state index in [0.717, 1.165) is 22.5 Å². The Morgan fingerprint density at radius 3 is 2.54 bits per heavy atom. The summed E-state index contributed by atoms with van der Waals surface area (Å²) in [6, 6.07) is 9.45. The van der Waals surface area contributed by atoms with Crippen molar-refractivity contribution in [2.24, 2.45) is 0 Å². The molecule has 2 N–H and O–H groups in total. The lowest BCUT2D eigenvalue weighted by Gasteiger charge is -2.17. The molecular formula is C18H17N3O6S. The molecule has 146 valence electrons. The topological polar surface area (TPSA) is 122 Å². The third-order valence-electron chi connectivity index (χ3n) is 4.48. The summed E-state index contributed by atoms with van der Waals surface area (Å²) in [6.45, 7) is -1.25. The molecule has 0 unspecified atom stereocenters. The first kappa shape index (κ1) is 18.2. The largest absolute Gasteiger partial charge is 0.454 e. The molecule has 2 aromatic carbocycles. The number of hydrogen-bond acceptors (Lipinski definition) is 6. The average molecular weight is 403 g/mol. The van der Waals surface area contributed by atoms with Crippen LogP contribution in [-0.4, -0.2) is 45.5 Å². The number of carbonyl (C=O) groups is 3. The third kappa shape index (κ3) is 3.38. The number of imide groups is 1. The molecule has 0 bridgehead atoms. The number of anilines is 1. The van der Waals surface area contributed by atoms with E-state index >= 15 is 0 Å². The maximum atomic E-state index is 12.8. The van der Waals surface area contributed by atoms with Gasteiger partial charge in [-0.05, 0) is 30.4 Å². The molecule has 1 aliphatic carbocycles. The van der Waals surface area contributed by atoms with Gasteiger partial charge in [-0.15, -0.1) is 0 Å².